The van der Waals surface area contributed by atoms with Crippen LogP contribution in [0.15, 0.2) is 83.8 Å². The molecule has 0 saturated carbocycles. The van der Waals surface area contributed by atoms with Crippen LogP contribution in [0.5, 0.6) is 0 Å². The van der Waals surface area contributed by atoms with Crippen molar-refractivity contribution in [1.29, 1.82) is 0 Å². The summed E-state index contributed by atoms with van der Waals surface area (Å²) in [5, 5.41) is 0. The summed E-state index contributed by atoms with van der Waals surface area (Å²) in [6, 6.07) is 21.5. The molecular weight excluding hydrogens is 267 g/mol. The summed E-state index contributed by atoms with van der Waals surface area (Å²) >= 11 is -1.22. The molecule has 0 unspecified atom stereocenters. The summed E-state index contributed by atoms with van der Waals surface area (Å²) in [7, 11) is 0. The van der Waals surface area contributed by atoms with Gasteiger partial charge in [0.15, 0.2) is 0 Å². The first-order valence-electron chi connectivity index (χ1n) is 7.03. The van der Waals surface area contributed by atoms with Crippen molar-refractivity contribution in [3.05, 3.63) is 83.8 Å². The quantitative estimate of drug-likeness (QED) is 0.598. The minimum atomic E-state index is -1.22. The standard InChI is InChI=1S/2C6H5.C5H6.C3H5.Al/c2*1-2-4-6-5-3-1;1-3-5-4-2;1-3-2;/h2*1-5H;1,4-5H,2H3;1H2,2H3;/b;;5-4-;;. The SMILES string of the molecule is C#C/C=C\C.C=[C](C)[Al]([c]1ccccc1)[c]1ccccc1. The van der Waals surface area contributed by atoms with E-state index >= 15 is 0 Å². The Morgan fingerprint density at radius 3 is 1.67 bits per heavy atom. The minimum absolute atomic E-state index is 1.22. The lowest BCUT2D eigenvalue weighted by atomic mass is 10.4. The zero-order valence-corrected chi connectivity index (χ0v) is 13.9. The predicted octanol–water partition coefficient (Wildman–Crippen LogP) is 3.61. The van der Waals surface area contributed by atoms with E-state index < -0.39 is 14.1 Å². The second-order valence-corrected chi connectivity index (χ2v) is 7.95. The molecule has 2 aromatic rings. The third-order valence-corrected chi connectivity index (χ3v) is 6.11. The van der Waals surface area contributed by atoms with Crippen LogP contribution in [0.1, 0.15) is 13.8 Å². The largest absolute Gasteiger partial charge is 0.378 e. The maximum Gasteiger partial charge on any atom is 0.378 e. The van der Waals surface area contributed by atoms with E-state index in [1.807, 2.05) is 13.0 Å². The van der Waals surface area contributed by atoms with Gasteiger partial charge in [-0.3, -0.25) is 0 Å². The minimum Gasteiger partial charge on any atom is -0.131 e. The molecule has 1 heteroatoms. The molecule has 0 saturated heterocycles. The number of hydrogen-bond donors (Lipinski definition) is 0. The molecule has 104 valence electrons. The Labute approximate surface area is 133 Å². The first kappa shape index (κ1) is 17.1. The molecule has 0 aliphatic carbocycles. The number of terminal acetylenes is 1. The zero-order valence-electron chi connectivity index (χ0n) is 12.8. The van der Waals surface area contributed by atoms with Gasteiger partial charge in [-0.2, -0.15) is 0 Å². The Morgan fingerprint density at radius 2 is 1.43 bits per heavy atom. The summed E-state index contributed by atoms with van der Waals surface area (Å²) in [5.74, 6) is 2.34. The molecular formula is C20H21Al. The molecule has 0 nitrogen and oxygen atoms in total. The average molecular weight is 288 g/mol. The van der Waals surface area contributed by atoms with Crippen molar-refractivity contribution in [1.82, 2.24) is 0 Å². The van der Waals surface area contributed by atoms with Crippen LogP contribution in [0.2, 0.25) is 0 Å². The fourth-order valence-electron chi connectivity index (χ4n) is 2.15. The highest BCUT2D eigenvalue weighted by atomic mass is 27.2. The van der Waals surface area contributed by atoms with Crippen LogP contribution in [-0.4, -0.2) is 14.1 Å². The molecule has 0 bridgehead atoms. The summed E-state index contributed by atoms with van der Waals surface area (Å²) in [4.78, 5) is 0. The van der Waals surface area contributed by atoms with Crippen LogP contribution in [0, 0.1) is 12.3 Å². The zero-order chi connectivity index (χ0) is 15.5. The molecule has 0 atom stereocenters. The summed E-state index contributed by atoms with van der Waals surface area (Å²) < 4.78 is 4.21. The van der Waals surface area contributed by atoms with Gasteiger partial charge >= 0.3 is 14.1 Å². The molecule has 21 heavy (non-hydrogen) atoms. The van der Waals surface area contributed by atoms with E-state index in [1.165, 1.54) is 13.3 Å². The smallest absolute Gasteiger partial charge is 0.131 e. The molecule has 0 fully saturated rings. The topological polar surface area (TPSA) is 0 Å². The van der Waals surface area contributed by atoms with E-state index in [1.54, 1.807) is 6.08 Å². The molecule has 0 amide bonds. The fourth-order valence-corrected chi connectivity index (χ4v) is 4.89. The Hall–Kier alpha value is -1.99. The van der Waals surface area contributed by atoms with E-state index in [-0.39, 0.29) is 0 Å². The van der Waals surface area contributed by atoms with Gasteiger partial charge in [0.2, 0.25) is 0 Å². The number of hydrogen-bond acceptors (Lipinski definition) is 0. The van der Waals surface area contributed by atoms with Gasteiger partial charge in [-0.25, -0.2) is 0 Å². The van der Waals surface area contributed by atoms with Gasteiger partial charge in [-0.15, -0.1) is 17.4 Å². The lowest BCUT2D eigenvalue weighted by Crippen LogP contribution is -2.43. The molecule has 0 radical (unpaired) electrons. The van der Waals surface area contributed by atoms with Gasteiger partial charge in [0.25, 0.3) is 0 Å². The van der Waals surface area contributed by atoms with Crippen molar-refractivity contribution in [2.24, 2.45) is 0 Å². The van der Waals surface area contributed by atoms with Crippen LogP contribution >= 0.6 is 0 Å². The molecule has 0 aromatic heterocycles. The van der Waals surface area contributed by atoms with Crippen LogP contribution in [0.4, 0.5) is 0 Å². The van der Waals surface area contributed by atoms with Gasteiger partial charge in [-0.1, -0.05) is 88.4 Å². The summed E-state index contributed by atoms with van der Waals surface area (Å²) in [6.07, 6.45) is 8.27. The van der Waals surface area contributed by atoms with Gasteiger partial charge in [0, 0.05) is 0 Å². The molecule has 0 N–H and O–H groups in total. The number of rotatable bonds is 3. The predicted molar refractivity (Wildman–Crippen MR) is 96.4 cm³/mol. The van der Waals surface area contributed by atoms with Gasteiger partial charge in [0.05, 0.1) is 0 Å². The van der Waals surface area contributed by atoms with Crippen LogP contribution in [0.25, 0.3) is 0 Å². The number of allylic oxidation sites excluding steroid dienone is 3. The van der Waals surface area contributed by atoms with E-state index in [0.717, 1.165) is 0 Å². The maximum atomic E-state index is 4.80. The molecule has 2 aromatic carbocycles. The van der Waals surface area contributed by atoms with Crippen molar-refractivity contribution >= 4 is 23.0 Å². The van der Waals surface area contributed by atoms with E-state index in [0.29, 0.717) is 0 Å². The molecule has 0 aliphatic rings. The Balaban J connectivity index is 0.000000383. The highest BCUT2D eigenvalue weighted by Gasteiger charge is 2.22. The van der Waals surface area contributed by atoms with Crippen molar-refractivity contribution < 1.29 is 0 Å². The second kappa shape index (κ2) is 9.84. The van der Waals surface area contributed by atoms with Crippen LogP contribution in [-0.2, 0) is 0 Å². The van der Waals surface area contributed by atoms with E-state index in [4.69, 9.17) is 6.42 Å². The van der Waals surface area contributed by atoms with Gasteiger partial charge in [0.1, 0.15) is 0 Å². The molecule has 0 heterocycles. The number of benzene rings is 2. The first-order chi connectivity index (χ1) is 10.2. The first-order valence-corrected chi connectivity index (χ1v) is 8.76. The molecule has 0 aliphatic heterocycles. The fraction of sp³-hybridized carbons (Fsp3) is 0.100. The van der Waals surface area contributed by atoms with E-state index in [9.17, 15) is 0 Å². The van der Waals surface area contributed by atoms with Crippen molar-refractivity contribution in [2.75, 3.05) is 0 Å². The average Bonchev–Trinajstić information content (AvgIpc) is 2.51. The van der Waals surface area contributed by atoms with Crippen molar-refractivity contribution in [3.8, 4) is 12.3 Å². The highest BCUT2D eigenvalue weighted by molar-refractivity contribution is 6.90. The monoisotopic (exact) mass is 288 g/mol. The highest BCUT2D eigenvalue weighted by Crippen LogP contribution is 2.00. The van der Waals surface area contributed by atoms with E-state index in [2.05, 4.69) is 80.1 Å². The Morgan fingerprint density at radius 1 is 1.00 bits per heavy atom. The third kappa shape index (κ3) is 5.89. The van der Waals surface area contributed by atoms with Crippen LogP contribution in [0.3, 0.4) is 0 Å². The third-order valence-electron chi connectivity index (χ3n) is 3.02. The maximum absolute atomic E-state index is 4.80. The van der Waals surface area contributed by atoms with Gasteiger partial charge < -0.3 is 0 Å². The van der Waals surface area contributed by atoms with Crippen molar-refractivity contribution in [2.45, 2.75) is 13.8 Å². The lowest BCUT2D eigenvalue weighted by molar-refractivity contribution is 1.64. The summed E-state index contributed by atoms with van der Waals surface area (Å²) in [5.41, 5.74) is 0. The lowest BCUT2D eigenvalue weighted by Gasteiger charge is -2.12. The summed E-state index contributed by atoms with van der Waals surface area (Å²) in [6.45, 7) is 8.21. The normalized spacial score (nSPS) is 9.38. The van der Waals surface area contributed by atoms with Crippen LogP contribution < -0.4 is 8.85 Å². The Bertz CT molecular complexity index is 564. The second-order valence-electron chi connectivity index (χ2n) is 4.77. The Kier molecular flexibility index (Phi) is 8.00. The molecule has 2 rings (SSSR count). The van der Waals surface area contributed by atoms with Crippen molar-refractivity contribution in [3.63, 3.8) is 0 Å². The van der Waals surface area contributed by atoms with Gasteiger partial charge in [-0.05, 0) is 13.0 Å². The molecule has 0 spiro atoms.